The zero-order valence-electron chi connectivity index (χ0n) is 20.0. The fourth-order valence-electron chi connectivity index (χ4n) is 4.03. The van der Waals surface area contributed by atoms with Gasteiger partial charge < -0.3 is 15.5 Å². The molecule has 0 bridgehead atoms. The smallest absolute Gasteiger partial charge is 0.326 e. The highest BCUT2D eigenvalue weighted by molar-refractivity contribution is 6.30. The summed E-state index contributed by atoms with van der Waals surface area (Å²) >= 11 is 5.95. The SMILES string of the molecule is O=C(C=Cc1ccc(-c2ccc(Cl)cc2)cc1)N[C@@H](Cc1ccc(O)cc1Cc1ccccc1)C(=O)O. The number of phenols is 1. The van der Waals surface area contributed by atoms with Crippen LogP contribution < -0.4 is 5.32 Å². The number of carboxylic acids is 1. The molecule has 0 aliphatic heterocycles. The largest absolute Gasteiger partial charge is 0.508 e. The molecule has 3 N–H and O–H groups in total. The van der Waals surface area contributed by atoms with Gasteiger partial charge in [0.1, 0.15) is 11.8 Å². The van der Waals surface area contributed by atoms with Crippen molar-refractivity contribution in [1.82, 2.24) is 5.32 Å². The van der Waals surface area contributed by atoms with Crippen molar-refractivity contribution in [1.29, 1.82) is 0 Å². The summed E-state index contributed by atoms with van der Waals surface area (Å²) in [6, 6.07) is 28.6. The summed E-state index contributed by atoms with van der Waals surface area (Å²) in [4.78, 5) is 24.5. The number of phenolic OH excluding ortho intramolecular Hbond substituents is 1. The zero-order chi connectivity index (χ0) is 26.2. The van der Waals surface area contributed by atoms with Gasteiger partial charge in [0.05, 0.1) is 0 Å². The van der Waals surface area contributed by atoms with Crippen molar-refractivity contribution < 1.29 is 19.8 Å². The second kappa shape index (κ2) is 12.1. The van der Waals surface area contributed by atoms with E-state index < -0.39 is 17.9 Å². The van der Waals surface area contributed by atoms with Crippen LogP contribution in [0, 0.1) is 0 Å². The van der Waals surface area contributed by atoms with Crippen molar-refractivity contribution in [3.8, 4) is 16.9 Å². The van der Waals surface area contributed by atoms with Crippen molar-refractivity contribution >= 4 is 29.6 Å². The van der Waals surface area contributed by atoms with Crippen LogP contribution in [0.5, 0.6) is 5.75 Å². The maximum Gasteiger partial charge on any atom is 0.326 e. The van der Waals surface area contributed by atoms with E-state index in [2.05, 4.69) is 5.32 Å². The summed E-state index contributed by atoms with van der Waals surface area (Å²) in [5.74, 6) is -1.53. The quantitative estimate of drug-likeness (QED) is 0.236. The normalized spacial score (nSPS) is 11.8. The Morgan fingerprint density at radius 3 is 2.14 bits per heavy atom. The molecule has 0 heterocycles. The number of rotatable bonds is 9. The number of aromatic hydroxyl groups is 1. The predicted molar refractivity (Wildman–Crippen MR) is 147 cm³/mol. The molecule has 4 rings (SSSR count). The first-order valence-corrected chi connectivity index (χ1v) is 12.2. The molecule has 0 aromatic heterocycles. The molecule has 0 aliphatic carbocycles. The minimum absolute atomic E-state index is 0.0904. The molecule has 1 amide bonds. The molecule has 5 nitrogen and oxygen atoms in total. The van der Waals surface area contributed by atoms with Crippen molar-refractivity contribution in [2.75, 3.05) is 0 Å². The van der Waals surface area contributed by atoms with Gasteiger partial charge in [0.2, 0.25) is 5.91 Å². The van der Waals surface area contributed by atoms with Gasteiger partial charge in [-0.05, 0) is 70.1 Å². The molecule has 4 aromatic carbocycles. The molecule has 0 fully saturated rings. The van der Waals surface area contributed by atoms with Gasteiger partial charge in [0.25, 0.3) is 0 Å². The Bertz CT molecular complexity index is 1400. The van der Waals surface area contributed by atoms with Gasteiger partial charge in [-0.15, -0.1) is 0 Å². The number of halogens is 1. The van der Waals surface area contributed by atoms with Crippen LogP contribution in [0.2, 0.25) is 5.02 Å². The lowest BCUT2D eigenvalue weighted by Crippen LogP contribution is -2.41. The van der Waals surface area contributed by atoms with Gasteiger partial charge in [-0.25, -0.2) is 4.79 Å². The molecule has 4 aromatic rings. The minimum atomic E-state index is -1.13. The predicted octanol–water partition coefficient (Wildman–Crippen LogP) is 6.13. The molecular weight excluding hydrogens is 486 g/mol. The monoisotopic (exact) mass is 511 g/mol. The van der Waals surface area contributed by atoms with Crippen LogP contribution in [0.15, 0.2) is 103 Å². The van der Waals surface area contributed by atoms with Gasteiger partial charge in [-0.2, -0.15) is 0 Å². The third-order valence-corrected chi connectivity index (χ3v) is 6.23. The Kier molecular flexibility index (Phi) is 8.39. The van der Waals surface area contributed by atoms with Crippen LogP contribution in [-0.4, -0.2) is 28.1 Å². The molecular formula is C31H26ClNO4. The van der Waals surface area contributed by atoms with Crippen molar-refractivity contribution in [3.63, 3.8) is 0 Å². The Labute approximate surface area is 220 Å². The molecule has 0 radical (unpaired) electrons. The molecule has 0 spiro atoms. The third-order valence-electron chi connectivity index (χ3n) is 5.98. The van der Waals surface area contributed by atoms with Gasteiger partial charge in [-0.3, -0.25) is 4.79 Å². The van der Waals surface area contributed by atoms with Crippen molar-refractivity contribution in [3.05, 3.63) is 130 Å². The van der Waals surface area contributed by atoms with Gasteiger partial charge >= 0.3 is 5.97 Å². The highest BCUT2D eigenvalue weighted by atomic mass is 35.5. The molecule has 0 aliphatic rings. The van der Waals surface area contributed by atoms with Crippen molar-refractivity contribution in [2.45, 2.75) is 18.9 Å². The number of aliphatic carboxylic acids is 1. The lowest BCUT2D eigenvalue weighted by Gasteiger charge is -2.16. The highest BCUT2D eigenvalue weighted by Gasteiger charge is 2.21. The number of carbonyl (C=O) groups is 2. The lowest BCUT2D eigenvalue weighted by atomic mass is 9.95. The number of hydrogen-bond donors (Lipinski definition) is 3. The molecule has 0 unspecified atom stereocenters. The van der Waals surface area contributed by atoms with E-state index in [9.17, 15) is 19.8 Å². The summed E-state index contributed by atoms with van der Waals surface area (Å²) < 4.78 is 0. The maximum absolute atomic E-state index is 12.6. The van der Waals surface area contributed by atoms with E-state index in [-0.39, 0.29) is 12.2 Å². The topological polar surface area (TPSA) is 86.6 Å². The summed E-state index contributed by atoms with van der Waals surface area (Å²) in [6.07, 6.45) is 3.60. The van der Waals surface area contributed by atoms with E-state index in [4.69, 9.17) is 11.6 Å². The van der Waals surface area contributed by atoms with Gasteiger partial charge in [-0.1, -0.05) is 84.4 Å². The third kappa shape index (κ3) is 7.32. The average Bonchev–Trinajstić information content (AvgIpc) is 2.90. The van der Waals surface area contributed by atoms with E-state index >= 15 is 0 Å². The van der Waals surface area contributed by atoms with Gasteiger partial charge in [0, 0.05) is 17.5 Å². The first-order chi connectivity index (χ1) is 17.9. The van der Waals surface area contributed by atoms with Crippen LogP contribution in [0.1, 0.15) is 22.3 Å². The highest BCUT2D eigenvalue weighted by Crippen LogP contribution is 2.23. The second-order valence-corrected chi connectivity index (χ2v) is 9.12. The van der Waals surface area contributed by atoms with Crippen LogP contribution in [0.25, 0.3) is 17.2 Å². The van der Waals surface area contributed by atoms with E-state index in [0.29, 0.717) is 11.4 Å². The summed E-state index contributed by atoms with van der Waals surface area (Å²) in [5.41, 5.74) is 5.45. The van der Waals surface area contributed by atoms with Gasteiger partial charge in [0.15, 0.2) is 0 Å². The van der Waals surface area contributed by atoms with E-state index in [1.165, 1.54) is 12.1 Å². The fourth-order valence-corrected chi connectivity index (χ4v) is 4.16. The molecule has 0 saturated carbocycles. The Morgan fingerprint density at radius 2 is 1.49 bits per heavy atom. The molecule has 186 valence electrons. The lowest BCUT2D eigenvalue weighted by molar-refractivity contribution is -0.141. The summed E-state index contributed by atoms with van der Waals surface area (Å²) in [6.45, 7) is 0. The zero-order valence-corrected chi connectivity index (χ0v) is 20.7. The number of hydrogen-bond acceptors (Lipinski definition) is 3. The molecule has 1 atom stereocenters. The van der Waals surface area contributed by atoms with Crippen LogP contribution in [0.4, 0.5) is 0 Å². The Morgan fingerprint density at radius 1 is 0.838 bits per heavy atom. The first kappa shape index (κ1) is 25.7. The standard InChI is InChI=1S/C31H26ClNO4/c32-27-14-11-24(12-15-27)23-9-6-21(7-10-23)8-17-30(35)33-29(31(36)37)20-25-13-16-28(34)19-26(25)18-22-4-2-1-3-5-22/h1-17,19,29,34H,18,20H2,(H,33,35)(H,36,37)/t29-/m0/s1. The van der Waals surface area contributed by atoms with Crippen LogP contribution >= 0.6 is 11.6 Å². The number of carboxylic acid groups (broad SMARTS) is 1. The maximum atomic E-state index is 12.6. The summed E-state index contributed by atoms with van der Waals surface area (Å²) in [7, 11) is 0. The Balaban J connectivity index is 1.42. The number of amides is 1. The molecule has 0 saturated heterocycles. The summed E-state index contributed by atoms with van der Waals surface area (Å²) in [5, 5.41) is 23.0. The molecule has 37 heavy (non-hydrogen) atoms. The minimum Gasteiger partial charge on any atom is -0.508 e. The Hall–Kier alpha value is -4.35. The van der Waals surface area contributed by atoms with Crippen LogP contribution in [-0.2, 0) is 22.4 Å². The van der Waals surface area contributed by atoms with E-state index in [0.717, 1.165) is 33.4 Å². The van der Waals surface area contributed by atoms with E-state index in [1.807, 2.05) is 78.9 Å². The first-order valence-electron chi connectivity index (χ1n) is 11.8. The number of carbonyl (C=O) groups excluding carboxylic acids is 1. The number of nitrogens with one attached hydrogen (secondary N) is 1. The van der Waals surface area contributed by atoms with Crippen LogP contribution in [0.3, 0.4) is 0 Å². The van der Waals surface area contributed by atoms with E-state index in [1.54, 1.807) is 18.2 Å². The average molecular weight is 512 g/mol. The second-order valence-electron chi connectivity index (χ2n) is 8.68. The number of benzene rings is 4. The fraction of sp³-hybridized carbons (Fsp3) is 0.0968. The van der Waals surface area contributed by atoms with Crippen molar-refractivity contribution in [2.24, 2.45) is 0 Å². The molecule has 6 heteroatoms.